The van der Waals surface area contributed by atoms with Gasteiger partial charge in [-0.15, -0.1) is 0 Å². The highest BCUT2D eigenvalue weighted by molar-refractivity contribution is 4.74. The van der Waals surface area contributed by atoms with Crippen LogP contribution in [0.4, 0.5) is 0 Å². The molecule has 0 spiro atoms. The van der Waals surface area contributed by atoms with E-state index in [9.17, 15) is 0 Å². The molecule has 1 aliphatic rings. The molecule has 3 nitrogen and oxygen atoms in total. The maximum Gasteiger partial charge on any atom is 0.0576 e. The molecule has 0 atom stereocenters. The van der Waals surface area contributed by atoms with Crippen molar-refractivity contribution in [2.24, 2.45) is 5.73 Å². The van der Waals surface area contributed by atoms with Crippen molar-refractivity contribution in [1.29, 1.82) is 0 Å². The molecule has 0 aromatic rings. The van der Waals surface area contributed by atoms with Crippen molar-refractivity contribution in [2.45, 2.75) is 44.2 Å². The fraction of sp³-hybridized carbons (Fsp3) is 1.00. The van der Waals surface area contributed by atoms with Crippen molar-refractivity contribution >= 4 is 0 Å². The molecule has 1 saturated carbocycles. The summed E-state index contributed by atoms with van der Waals surface area (Å²) in [6.45, 7) is 2.02. The van der Waals surface area contributed by atoms with Crippen LogP contribution in [0.25, 0.3) is 0 Å². The molecule has 2 N–H and O–H groups in total. The SMILES string of the molecule is CN(C)CCCOC1CCC(N)CC1. The van der Waals surface area contributed by atoms with Crippen LogP contribution >= 0.6 is 0 Å². The third kappa shape index (κ3) is 4.94. The number of nitrogens with two attached hydrogens (primary N) is 1. The molecule has 0 saturated heterocycles. The van der Waals surface area contributed by atoms with E-state index in [2.05, 4.69) is 19.0 Å². The summed E-state index contributed by atoms with van der Waals surface area (Å²) in [4.78, 5) is 2.19. The molecule has 0 heterocycles. The van der Waals surface area contributed by atoms with E-state index < -0.39 is 0 Å². The van der Waals surface area contributed by atoms with E-state index >= 15 is 0 Å². The van der Waals surface area contributed by atoms with Gasteiger partial charge in [0, 0.05) is 12.6 Å². The average Bonchev–Trinajstić information content (AvgIpc) is 2.15. The molecular weight excluding hydrogens is 176 g/mol. The van der Waals surface area contributed by atoms with Gasteiger partial charge in [-0.3, -0.25) is 0 Å². The van der Waals surface area contributed by atoms with E-state index in [-0.39, 0.29) is 0 Å². The Balaban J connectivity index is 1.96. The summed E-state index contributed by atoms with van der Waals surface area (Å²) in [5, 5.41) is 0. The van der Waals surface area contributed by atoms with Gasteiger partial charge in [0.05, 0.1) is 6.10 Å². The lowest BCUT2D eigenvalue weighted by Crippen LogP contribution is -2.30. The van der Waals surface area contributed by atoms with Gasteiger partial charge in [-0.2, -0.15) is 0 Å². The van der Waals surface area contributed by atoms with E-state index in [1.54, 1.807) is 0 Å². The summed E-state index contributed by atoms with van der Waals surface area (Å²) in [5.41, 5.74) is 5.83. The fourth-order valence-electron chi connectivity index (χ4n) is 1.89. The normalized spacial score (nSPS) is 28.3. The van der Waals surface area contributed by atoms with Crippen molar-refractivity contribution in [3.63, 3.8) is 0 Å². The predicted octanol–water partition coefficient (Wildman–Crippen LogP) is 1.22. The smallest absolute Gasteiger partial charge is 0.0576 e. The Morgan fingerprint density at radius 2 is 1.86 bits per heavy atom. The zero-order valence-corrected chi connectivity index (χ0v) is 9.54. The second-order valence-corrected chi connectivity index (χ2v) is 4.56. The summed E-state index contributed by atoms with van der Waals surface area (Å²) in [6, 6.07) is 0.427. The van der Waals surface area contributed by atoms with Gasteiger partial charge in [0.2, 0.25) is 0 Å². The van der Waals surface area contributed by atoms with Crippen LogP contribution in [0, 0.1) is 0 Å². The molecule has 0 bridgehead atoms. The molecule has 1 rings (SSSR count). The zero-order chi connectivity index (χ0) is 10.4. The Labute approximate surface area is 87.6 Å². The van der Waals surface area contributed by atoms with Crippen LogP contribution in [0.15, 0.2) is 0 Å². The number of hydrogen-bond donors (Lipinski definition) is 1. The zero-order valence-electron chi connectivity index (χ0n) is 9.54. The molecule has 0 unspecified atom stereocenters. The minimum atomic E-state index is 0.427. The van der Waals surface area contributed by atoms with Crippen LogP contribution < -0.4 is 5.73 Å². The van der Waals surface area contributed by atoms with Crippen molar-refractivity contribution < 1.29 is 4.74 Å². The van der Waals surface area contributed by atoms with Gasteiger partial charge in [-0.1, -0.05) is 0 Å². The standard InChI is InChI=1S/C11H24N2O/c1-13(2)8-3-9-14-11-6-4-10(12)5-7-11/h10-11H,3-9,12H2,1-2H3. The first-order chi connectivity index (χ1) is 6.68. The van der Waals surface area contributed by atoms with Gasteiger partial charge in [-0.25, -0.2) is 0 Å². The van der Waals surface area contributed by atoms with E-state index in [4.69, 9.17) is 10.5 Å². The highest BCUT2D eigenvalue weighted by atomic mass is 16.5. The molecule has 0 aliphatic heterocycles. The molecule has 14 heavy (non-hydrogen) atoms. The largest absolute Gasteiger partial charge is 0.378 e. The second kappa shape index (κ2) is 6.38. The lowest BCUT2D eigenvalue weighted by atomic mass is 9.94. The molecule has 1 aliphatic carbocycles. The predicted molar refractivity (Wildman–Crippen MR) is 59.4 cm³/mol. The van der Waals surface area contributed by atoms with Crippen LogP contribution in [0.2, 0.25) is 0 Å². The third-order valence-electron chi connectivity index (χ3n) is 2.82. The number of rotatable bonds is 5. The molecule has 0 radical (unpaired) electrons. The van der Waals surface area contributed by atoms with Gasteiger partial charge in [0.15, 0.2) is 0 Å². The average molecular weight is 200 g/mol. The maximum atomic E-state index is 5.83. The van der Waals surface area contributed by atoms with Gasteiger partial charge >= 0.3 is 0 Å². The first kappa shape index (κ1) is 12.0. The molecule has 84 valence electrons. The van der Waals surface area contributed by atoms with E-state index in [1.807, 2.05) is 0 Å². The lowest BCUT2D eigenvalue weighted by molar-refractivity contribution is 0.0218. The molecule has 0 aromatic carbocycles. The summed E-state index contributed by atoms with van der Waals surface area (Å²) < 4.78 is 5.80. The van der Waals surface area contributed by atoms with Crippen LogP contribution in [-0.4, -0.2) is 44.3 Å². The highest BCUT2D eigenvalue weighted by Crippen LogP contribution is 2.19. The molecule has 1 fully saturated rings. The number of hydrogen-bond acceptors (Lipinski definition) is 3. The quantitative estimate of drug-likeness (QED) is 0.678. The summed E-state index contributed by atoms with van der Waals surface area (Å²) >= 11 is 0. The minimum absolute atomic E-state index is 0.427. The van der Waals surface area contributed by atoms with Crippen LogP contribution in [0.1, 0.15) is 32.1 Å². The fourth-order valence-corrected chi connectivity index (χ4v) is 1.89. The van der Waals surface area contributed by atoms with Gasteiger partial charge in [0.1, 0.15) is 0 Å². The van der Waals surface area contributed by atoms with Gasteiger partial charge < -0.3 is 15.4 Å². The number of nitrogens with zero attached hydrogens (tertiary/aromatic N) is 1. The number of ether oxygens (including phenoxy) is 1. The lowest BCUT2D eigenvalue weighted by Gasteiger charge is -2.26. The Morgan fingerprint density at radius 1 is 1.21 bits per heavy atom. The van der Waals surface area contributed by atoms with Gasteiger partial charge in [0.25, 0.3) is 0 Å². The van der Waals surface area contributed by atoms with E-state index in [0.717, 1.165) is 45.3 Å². The Kier molecular flexibility index (Phi) is 5.45. The molecule has 0 aromatic heterocycles. The maximum absolute atomic E-state index is 5.83. The van der Waals surface area contributed by atoms with E-state index in [0.29, 0.717) is 12.1 Å². The Hall–Kier alpha value is -0.120. The van der Waals surface area contributed by atoms with Crippen molar-refractivity contribution in [1.82, 2.24) is 4.90 Å². The first-order valence-electron chi connectivity index (χ1n) is 5.70. The van der Waals surface area contributed by atoms with Crippen LogP contribution in [0.5, 0.6) is 0 Å². The molecule has 3 heteroatoms. The Morgan fingerprint density at radius 3 is 2.43 bits per heavy atom. The van der Waals surface area contributed by atoms with Crippen molar-refractivity contribution in [3.05, 3.63) is 0 Å². The van der Waals surface area contributed by atoms with Crippen molar-refractivity contribution in [2.75, 3.05) is 27.2 Å². The third-order valence-corrected chi connectivity index (χ3v) is 2.82. The van der Waals surface area contributed by atoms with Crippen molar-refractivity contribution in [3.8, 4) is 0 Å². The second-order valence-electron chi connectivity index (χ2n) is 4.56. The molecular formula is C11H24N2O. The summed E-state index contributed by atoms with van der Waals surface area (Å²) in [7, 11) is 4.19. The van der Waals surface area contributed by atoms with Gasteiger partial charge in [-0.05, 0) is 52.7 Å². The summed E-state index contributed by atoms with van der Waals surface area (Å²) in [5.74, 6) is 0. The highest BCUT2D eigenvalue weighted by Gasteiger charge is 2.18. The van der Waals surface area contributed by atoms with E-state index in [1.165, 1.54) is 0 Å². The first-order valence-corrected chi connectivity index (χ1v) is 5.70. The Bertz CT molecular complexity index is 142. The minimum Gasteiger partial charge on any atom is -0.378 e. The van der Waals surface area contributed by atoms with Crippen LogP contribution in [0.3, 0.4) is 0 Å². The molecule has 0 amide bonds. The summed E-state index contributed by atoms with van der Waals surface area (Å²) in [6.07, 6.45) is 6.20. The monoisotopic (exact) mass is 200 g/mol. The van der Waals surface area contributed by atoms with Crippen LogP contribution in [-0.2, 0) is 4.74 Å². The topological polar surface area (TPSA) is 38.5 Å².